The zero-order valence-electron chi connectivity index (χ0n) is 14.0. The second-order valence-electron chi connectivity index (χ2n) is 6.00. The number of hydrogen-bond acceptors (Lipinski definition) is 4. The molecule has 132 valence electrons. The predicted octanol–water partition coefficient (Wildman–Crippen LogP) is 3.10. The molecule has 0 radical (unpaired) electrons. The van der Waals surface area contributed by atoms with E-state index in [1.165, 1.54) is 23.5 Å². The lowest BCUT2D eigenvalue weighted by molar-refractivity contribution is 0.0696. The average molecular weight is 361 g/mol. The van der Waals surface area contributed by atoms with E-state index in [1.807, 2.05) is 12.1 Å². The third kappa shape index (κ3) is 2.95. The van der Waals surface area contributed by atoms with Crippen molar-refractivity contribution in [3.8, 4) is 5.75 Å². The van der Waals surface area contributed by atoms with E-state index in [4.69, 9.17) is 4.74 Å². The zero-order valence-corrected chi connectivity index (χ0v) is 14.8. The third-order valence-corrected chi connectivity index (χ3v) is 6.31. The quantitative estimate of drug-likeness (QED) is 0.905. The Hall–Kier alpha value is -2.54. The lowest BCUT2D eigenvalue weighted by Crippen LogP contribution is -2.36. The third-order valence-electron chi connectivity index (χ3n) is 4.48. The second-order valence-corrected chi connectivity index (χ2v) is 7.83. The minimum absolute atomic E-state index is 0.0990. The minimum atomic E-state index is -3.95. The Labute approximate surface area is 146 Å². The lowest BCUT2D eigenvalue weighted by Gasteiger charge is -2.33. The van der Waals surface area contributed by atoms with Crippen molar-refractivity contribution in [3.05, 3.63) is 53.6 Å². The maximum atomic E-state index is 13.3. The van der Waals surface area contributed by atoms with E-state index in [9.17, 15) is 18.3 Å². The molecule has 2 aromatic carbocycles. The number of para-hydroxylation sites is 1. The van der Waals surface area contributed by atoms with Gasteiger partial charge >= 0.3 is 5.97 Å². The summed E-state index contributed by atoms with van der Waals surface area (Å²) in [5.74, 6) is -0.803. The van der Waals surface area contributed by atoms with Crippen LogP contribution in [0.15, 0.2) is 47.4 Å². The molecule has 0 aliphatic carbocycles. The van der Waals surface area contributed by atoms with Gasteiger partial charge < -0.3 is 9.84 Å². The van der Waals surface area contributed by atoms with Gasteiger partial charge in [-0.2, -0.15) is 0 Å². The topological polar surface area (TPSA) is 83.9 Å². The molecule has 0 aromatic heterocycles. The lowest BCUT2D eigenvalue weighted by atomic mass is 9.93. The Morgan fingerprint density at radius 1 is 1.24 bits per heavy atom. The highest BCUT2D eigenvalue weighted by atomic mass is 32.2. The Balaban J connectivity index is 2.16. The number of fused-ring (bicyclic) bond motifs is 1. The standard InChI is InChI=1S/C18H19NO5S/c1-12-9-10-19(15-6-4-3-5-14(12)15)25(22,23)17-11-13(18(20)21)7-8-16(17)24-2/h3-8,11-12H,9-10H2,1-2H3,(H,20,21). The van der Waals surface area contributed by atoms with Crippen molar-refractivity contribution in [2.24, 2.45) is 0 Å². The summed E-state index contributed by atoms with van der Waals surface area (Å²) < 4.78 is 33.0. The Bertz CT molecular complexity index is 923. The van der Waals surface area contributed by atoms with Gasteiger partial charge in [0, 0.05) is 6.54 Å². The van der Waals surface area contributed by atoms with Crippen LogP contribution in [-0.2, 0) is 10.0 Å². The first-order valence-electron chi connectivity index (χ1n) is 7.89. The number of rotatable bonds is 4. The fraction of sp³-hybridized carbons (Fsp3) is 0.278. The highest BCUT2D eigenvalue weighted by Crippen LogP contribution is 2.39. The molecule has 1 heterocycles. The monoisotopic (exact) mass is 361 g/mol. The number of carboxylic acid groups (broad SMARTS) is 1. The van der Waals surface area contributed by atoms with Crippen molar-refractivity contribution in [1.29, 1.82) is 0 Å². The fourth-order valence-electron chi connectivity index (χ4n) is 3.10. The number of benzene rings is 2. The molecule has 0 amide bonds. The van der Waals surface area contributed by atoms with Crippen molar-refractivity contribution >= 4 is 21.7 Å². The normalized spacial score (nSPS) is 17.0. The van der Waals surface area contributed by atoms with Crippen LogP contribution in [0, 0.1) is 0 Å². The minimum Gasteiger partial charge on any atom is -0.495 e. The number of anilines is 1. The Kier molecular flexibility index (Phi) is 4.43. The van der Waals surface area contributed by atoms with Gasteiger partial charge in [-0.25, -0.2) is 13.2 Å². The Morgan fingerprint density at radius 2 is 1.96 bits per heavy atom. The molecule has 1 aliphatic heterocycles. The first kappa shape index (κ1) is 17.3. The first-order valence-corrected chi connectivity index (χ1v) is 9.33. The van der Waals surface area contributed by atoms with Gasteiger partial charge in [0.1, 0.15) is 10.6 Å². The molecule has 6 nitrogen and oxygen atoms in total. The van der Waals surface area contributed by atoms with Crippen molar-refractivity contribution < 1.29 is 23.1 Å². The van der Waals surface area contributed by atoms with Crippen LogP contribution >= 0.6 is 0 Å². The maximum Gasteiger partial charge on any atom is 0.335 e. The predicted molar refractivity (Wildman–Crippen MR) is 94.0 cm³/mol. The van der Waals surface area contributed by atoms with Gasteiger partial charge in [0.25, 0.3) is 10.0 Å². The molecule has 2 aromatic rings. The van der Waals surface area contributed by atoms with Crippen LogP contribution in [0.25, 0.3) is 0 Å². The summed E-state index contributed by atoms with van der Waals surface area (Å²) >= 11 is 0. The van der Waals surface area contributed by atoms with Crippen molar-refractivity contribution in [2.45, 2.75) is 24.2 Å². The zero-order chi connectivity index (χ0) is 18.2. The van der Waals surface area contributed by atoms with Crippen LogP contribution in [0.4, 0.5) is 5.69 Å². The second kappa shape index (κ2) is 6.40. The van der Waals surface area contributed by atoms with Crippen LogP contribution in [0.1, 0.15) is 35.2 Å². The van der Waals surface area contributed by atoms with E-state index in [0.717, 1.165) is 11.6 Å². The number of carbonyl (C=O) groups is 1. The van der Waals surface area contributed by atoms with Crippen LogP contribution < -0.4 is 9.04 Å². The van der Waals surface area contributed by atoms with Crippen molar-refractivity contribution in [1.82, 2.24) is 0 Å². The van der Waals surface area contributed by atoms with Crippen LogP contribution in [-0.4, -0.2) is 33.1 Å². The van der Waals surface area contributed by atoms with Gasteiger partial charge in [-0.1, -0.05) is 25.1 Å². The molecule has 25 heavy (non-hydrogen) atoms. The highest BCUT2D eigenvalue weighted by Gasteiger charge is 2.33. The van der Waals surface area contributed by atoms with E-state index in [2.05, 4.69) is 6.92 Å². The molecule has 0 spiro atoms. The summed E-state index contributed by atoms with van der Waals surface area (Å²) in [4.78, 5) is 11.1. The molecule has 3 rings (SSSR count). The molecule has 1 unspecified atom stereocenters. The average Bonchev–Trinajstić information content (AvgIpc) is 2.61. The number of aromatic carboxylic acids is 1. The highest BCUT2D eigenvalue weighted by molar-refractivity contribution is 7.93. The number of hydrogen-bond donors (Lipinski definition) is 1. The molecular weight excluding hydrogens is 342 g/mol. The Morgan fingerprint density at radius 3 is 2.64 bits per heavy atom. The molecule has 0 fully saturated rings. The van der Waals surface area contributed by atoms with E-state index < -0.39 is 16.0 Å². The molecule has 1 aliphatic rings. The van der Waals surface area contributed by atoms with E-state index >= 15 is 0 Å². The van der Waals surface area contributed by atoms with E-state index in [0.29, 0.717) is 18.7 Å². The van der Waals surface area contributed by atoms with Gasteiger partial charge in [-0.15, -0.1) is 0 Å². The van der Waals surface area contributed by atoms with Gasteiger partial charge in [-0.3, -0.25) is 4.31 Å². The first-order chi connectivity index (χ1) is 11.9. The molecule has 1 atom stereocenters. The van der Waals surface area contributed by atoms with Crippen LogP contribution in [0.3, 0.4) is 0 Å². The molecule has 1 N–H and O–H groups in total. The maximum absolute atomic E-state index is 13.3. The number of ether oxygens (including phenoxy) is 1. The molecule has 0 saturated carbocycles. The van der Waals surface area contributed by atoms with Gasteiger partial charge in [0.05, 0.1) is 18.4 Å². The molecule has 0 bridgehead atoms. The number of carboxylic acids is 1. The summed E-state index contributed by atoms with van der Waals surface area (Å²) in [6, 6.07) is 11.2. The number of sulfonamides is 1. The fourth-order valence-corrected chi connectivity index (χ4v) is 4.79. The largest absolute Gasteiger partial charge is 0.495 e. The number of methoxy groups -OCH3 is 1. The van der Waals surface area contributed by atoms with Crippen molar-refractivity contribution in [3.63, 3.8) is 0 Å². The smallest absolute Gasteiger partial charge is 0.335 e. The van der Waals surface area contributed by atoms with Gasteiger partial charge in [0.15, 0.2) is 0 Å². The van der Waals surface area contributed by atoms with Crippen molar-refractivity contribution in [2.75, 3.05) is 18.0 Å². The van der Waals surface area contributed by atoms with Gasteiger partial charge in [0.2, 0.25) is 0 Å². The summed E-state index contributed by atoms with van der Waals surface area (Å²) in [6.45, 7) is 2.40. The summed E-state index contributed by atoms with van der Waals surface area (Å²) in [5, 5.41) is 9.19. The summed E-state index contributed by atoms with van der Waals surface area (Å²) in [5.41, 5.74) is 1.49. The van der Waals surface area contributed by atoms with Crippen LogP contribution in [0.2, 0.25) is 0 Å². The summed E-state index contributed by atoms with van der Waals surface area (Å²) in [6.07, 6.45) is 0.692. The number of nitrogens with zero attached hydrogens (tertiary/aromatic N) is 1. The SMILES string of the molecule is COc1ccc(C(=O)O)cc1S(=O)(=O)N1CCC(C)c2ccccc21. The summed E-state index contributed by atoms with van der Waals surface area (Å²) in [7, 11) is -2.59. The molecular formula is C18H19NO5S. The molecule has 0 saturated heterocycles. The van der Waals surface area contributed by atoms with Crippen LogP contribution in [0.5, 0.6) is 5.75 Å². The molecule has 7 heteroatoms. The van der Waals surface area contributed by atoms with E-state index in [1.54, 1.807) is 12.1 Å². The van der Waals surface area contributed by atoms with E-state index in [-0.39, 0.29) is 22.1 Å². The van der Waals surface area contributed by atoms with Gasteiger partial charge in [-0.05, 0) is 42.2 Å².